The molecule has 0 bridgehead atoms. The summed E-state index contributed by atoms with van der Waals surface area (Å²) in [6.07, 6.45) is 93.1. The summed E-state index contributed by atoms with van der Waals surface area (Å²) >= 11 is 0. The summed E-state index contributed by atoms with van der Waals surface area (Å²) < 4.78 is 23.1. The summed E-state index contributed by atoms with van der Waals surface area (Å²) in [4.78, 5) is 37.7. The first-order valence-corrected chi connectivity index (χ1v) is 40.7. The highest BCUT2D eigenvalue weighted by Gasteiger charge is 2.25. The van der Waals surface area contributed by atoms with Gasteiger partial charge in [-0.15, -0.1) is 0 Å². The number of carboxylic acids is 1. The largest absolute Gasteiger partial charge is 0.477 e. The number of quaternary nitrogens is 1. The maximum atomic E-state index is 13.0. The number of nitrogens with zero attached hydrogens (tertiary/aromatic N) is 1. The lowest BCUT2D eigenvalue weighted by atomic mass is 10.0. The number of likely N-dealkylation sites (N-methyl/N-ethyl adjacent to an activating group) is 1. The Morgan fingerprint density at radius 1 is 0.326 bits per heavy atom. The fraction of sp³-hybridized carbons (Fsp3) is 0.892. The summed E-state index contributed by atoms with van der Waals surface area (Å²) in [5.74, 6) is -1.97. The van der Waals surface area contributed by atoms with Gasteiger partial charge in [-0.05, 0) is 51.4 Å². The van der Waals surface area contributed by atoms with Gasteiger partial charge in [0.2, 0.25) is 0 Å². The van der Waals surface area contributed by atoms with Crippen LogP contribution in [0.4, 0.5) is 0 Å². The maximum Gasteiger partial charge on any atom is 0.361 e. The first-order valence-electron chi connectivity index (χ1n) is 40.7. The average Bonchev–Trinajstić information content (AvgIpc) is 3.75. The SMILES string of the molecule is CCCCCCC/C=C\C/C=C\C/C=C\CCCCCCCCCCCCCCCCCCCCCCCCC(=O)OC(COC(=O)CCCCCCCCCCCCCCCCCCCCCCCCCCCCCCCC)COC(OCC[N+](C)(C)C)C(=O)O. The molecule has 0 saturated heterocycles. The number of hydrogen-bond acceptors (Lipinski definition) is 7. The van der Waals surface area contributed by atoms with Crippen molar-refractivity contribution in [3.8, 4) is 0 Å². The summed E-state index contributed by atoms with van der Waals surface area (Å²) in [5.41, 5.74) is 0. The van der Waals surface area contributed by atoms with Crippen LogP contribution in [0.15, 0.2) is 36.5 Å². The Morgan fingerprint density at radius 3 is 0.870 bits per heavy atom. The third-order valence-corrected chi connectivity index (χ3v) is 18.6. The van der Waals surface area contributed by atoms with Crippen LogP contribution in [0.2, 0.25) is 0 Å². The molecule has 9 nitrogen and oxygen atoms in total. The van der Waals surface area contributed by atoms with Gasteiger partial charge in [-0.2, -0.15) is 0 Å². The van der Waals surface area contributed by atoms with Crippen molar-refractivity contribution in [2.75, 3.05) is 47.5 Å². The van der Waals surface area contributed by atoms with Crippen molar-refractivity contribution in [2.45, 2.75) is 431 Å². The smallest absolute Gasteiger partial charge is 0.361 e. The lowest BCUT2D eigenvalue weighted by Crippen LogP contribution is -2.40. The highest BCUT2D eigenvalue weighted by atomic mass is 16.7. The van der Waals surface area contributed by atoms with E-state index in [1.54, 1.807) is 0 Å². The van der Waals surface area contributed by atoms with E-state index in [-0.39, 0.29) is 38.2 Å². The van der Waals surface area contributed by atoms with Crippen molar-refractivity contribution >= 4 is 17.9 Å². The predicted molar refractivity (Wildman–Crippen MR) is 397 cm³/mol. The Morgan fingerprint density at radius 2 is 0.587 bits per heavy atom. The molecule has 0 aromatic rings. The van der Waals surface area contributed by atoms with E-state index in [4.69, 9.17) is 18.9 Å². The number of hydrogen-bond donors (Lipinski definition) is 1. The van der Waals surface area contributed by atoms with E-state index < -0.39 is 18.4 Å². The van der Waals surface area contributed by atoms with E-state index in [1.807, 2.05) is 21.1 Å². The fourth-order valence-electron chi connectivity index (χ4n) is 12.4. The normalized spacial score (nSPS) is 12.8. The summed E-state index contributed by atoms with van der Waals surface area (Å²) in [6.45, 7) is 4.95. The molecule has 2 atom stereocenters. The Hall–Kier alpha value is -2.49. The first-order chi connectivity index (χ1) is 45.1. The number of aliphatic carboxylic acids is 1. The number of unbranched alkanes of at least 4 members (excludes halogenated alkanes) is 56. The molecular formula is C83H158NO8+. The summed E-state index contributed by atoms with van der Waals surface area (Å²) in [6, 6.07) is 0. The molecule has 0 radical (unpaired) electrons. The Balaban J connectivity index is 3.96. The van der Waals surface area contributed by atoms with Crippen molar-refractivity contribution in [1.29, 1.82) is 0 Å². The number of rotatable bonds is 77. The second-order valence-corrected chi connectivity index (χ2v) is 29.1. The van der Waals surface area contributed by atoms with Crippen molar-refractivity contribution in [3.63, 3.8) is 0 Å². The molecule has 0 fully saturated rings. The lowest BCUT2D eigenvalue weighted by Gasteiger charge is -2.25. The standard InChI is InChI=1S/C83H157NO8/c1-6-8-10-12-14-16-18-20-22-24-26-28-30-32-34-36-38-39-40-41-42-43-44-46-48-50-52-54-56-58-60-62-64-66-68-70-72-74-81(86)92-79(78-91-83(82(87)88)89-76-75-84(3,4)5)77-90-80(85)73-71-69-67-65-63-61-59-57-55-53-51-49-47-45-37-35-33-31-29-27-25-23-21-19-17-15-13-11-9-7-2/h18,20,24,26,30,32,79,83H,6-17,19,21-23,25,27-29,31,33-78H2,1-5H3/p+1/b20-18-,26-24-,32-30-. The average molecular weight is 1300 g/mol. The van der Waals surface area contributed by atoms with Crippen molar-refractivity contribution < 1.29 is 42.9 Å². The van der Waals surface area contributed by atoms with E-state index >= 15 is 0 Å². The van der Waals surface area contributed by atoms with Gasteiger partial charge < -0.3 is 28.5 Å². The van der Waals surface area contributed by atoms with Gasteiger partial charge in [0.15, 0.2) is 6.10 Å². The Bertz CT molecular complexity index is 1600. The van der Waals surface area contributed by atoms with Gasteiger partial charge in [0.25, 0.3) is 6.29 Å². The molecule has 0 saturated carbocycles. The number of esters is 2. The second-order valence-electron chi connectivity index (χ2n) is 29.1. The van der Waals surface area contributed by atoms with Crippen LogP contribution in [-0.2, 0) is 33.3 Å². The van der Waals surface area contributed by atoms with Crippen LogP contribution in [0.25, 0.3) is 0 Å². The summed E-state index contributed by atoms with van der Waals surface area (Å²) in [7, 11) is 6.00. The van der Waals surface area contributed by atoms with Crippen molar-refractivity contribution in [3.05, 3.63) is 36.5 Å². The molecule has 0 amide bonds. The van der Waals surface area contributed by atoms with Gasteiger partial charge in [0, 0.05) is 12.8 Å². The van der Waals surface area contributed by atoms with E-state index in [0.717, 1.165) is 51.4 Å². The number of ether oxygens (including phenoxy) is 4. The van der Waals surface area contributed by atoms with E-state index in [1.165, 1.54) is 340 Å². The predicted octanol–water partition coefficient (Wildman–Crippen LogP) is 25.9. The number of carboxylic acid groups (broad SMARTS) is 1. The van der Waals surface area contributed by atoms with Gasteiger partial charge in [0.05, 0.1) is 34.4 Å². The maximum absolute atomic E-state index is 13.0. The molecule has 542 valence electrons. The van der Waals surface area contributed by atoms with Crippen LogP contribution in [0.5, 0.6) is 0 Å². The highest BCUT2D eigenvalue weighted by Crippen LogP contribution is 2.20. The fourth-order valence-corrected chi connectivity index (χ4v) is 12.4. The molecule has 0 aromatic heterocycles. The summed E-state index contributed by atoms with van der Waals surface area (Å²) in [5, 5.41) is 9.77. The van der Waals surface area contributed by atoms with Crippen molar-refractivity contribution in [1.82, 2.24) is 0 Å². The van der Waals surface area contributed by atoms with Gasteiger partial charge >= 0.3 is 17.9 Å². The minimum absolute atomic E-state index is 0.174. The minimum atomic E-state index is -1.51. The van der Waals surface area contributed by atoms with Crippen LogP contribution in [-0.4, -0.2) is 87.4 Å². The number of allylic oxidation sites excluding steroid dienone is 6. The highest BCUT2D eigenvalue weighted by molar-refractivity contribution is 5.71. The van der Waals surface area contributed by atoms with Crippen LogP contribution in [0, 0.1) is 0 Å². The molecule has 9 heteroatoms. The van der Waals surface area contributed by atoms with Crippen molar-refractivity contribution in [2.24, 2.45) is 0 Å². The topological polar surface area (TPSA) is 108 Å². The van der Waals surface area contributed by atoms with Crippen LogP contribution in [0.3, 0.4) is 0 Å². The molecule has 0 spiro atoms. The van der Waals surface area contributed by atoms with Gasteiger partial charge in [0.1, 0.15) is 13.2 Å². The zero-order valence-electron chi connectivity index (χ0n) is 62.2. The zero-order chi connectivity index (χ0) is 66.8. The lowest BCUT2D eigenvalue weighted by molar-refractivity contribution is -0.870. The van der Waals surface area contributed by atoms with E-state index in [9.17, 15) is 19.5 Å². The molecule has 0 aliphatic rings. The molecular weight excluding hydrogens is 1140 g/mol. The minimum Gasteiger partial charge on any atom is -0.477 e. The zero-order valence-corrected chi connectivity index (χ0v) is 62.2. The molecule has 1 N–H and O–H groups in total. The Kier molecular flexibility index (Phi) is 72.3. The molecule has 0 aromatic carbocycles. The molecule has 0 heterocycles. The van der Waals surface area contributed by atoms with Gasteiger partial charge in [-0.3, -0.25) is 9.59 Å². The van der Waals surface area contributed by atoms with E-state index in [0.29, 0.717) is 17.4 Å². The van der Waals surface area contributed by atoms with Gasteiger partial charge in [-0.25, -0.2) is 4.79 Å². The van der Waals surface area contributed by atoms with Crippen LogP contribution in [0.1, 0.15) is 418 Å². The molecule has 0 aliphatic heterocycles. The van der Waals surface area contributed by atoms with Crippen LogP contribution >= 0.6 is 0 Å². The first kappa shape index (κ1) is 89.5. The molecule has 2 unspecified atom stereocenters. The third-order valence-electron chi connectivity index (χ3n) is 18.6. The monoisotopic (exact) mass is 1300 g/mol. The molecule has 0 aliphatic carbocycles. The quantitative estimate of drug-likeness (QED) is 0.0211. The third kappa shape index (κ3) is 74.9. The van der Waals surface area contributed by atoms with Gasteiger partial charge in [-0.1, -0.05) is 391 Å². The molecule has 92 heavy (non-hydrogen) atoms. The number of carbonyl (C=O) groups excluding carboxylic acids is 2. The Labute approximate surface area is 572 Å². The van der Waals surface area contributed by atoms with E-state index in [2.05, 4.69) is 50.3 Å². The molecule has 0 rings (SSSR count). The number of carbonyl (C=O) groups is 3. The van der Waals surface area contributed by atoms with Crippen LogP contribution < -0.4 is 0 Å². The second kappa shape index (κ2) is 74.3.